The van der Waals surface area contributed by atoms with Crippen molar-refractivity contribution in [2.24, 2.45) is 5.92 Å². The Morgan fingerprint density at radius 1 is 1.54 bits per heavy atom. The highest BCUT2D eigenvalue weighted by molar-refractivity contribution is 5.96. The third kappa shape index (κ3) is 1.48. The Labute approximate surface area is 74.0 Å². The van der Waals surface area contributed by atoms with Gasteiger partial charge in [-0.3, -0.25) is 4.79 Å². The molecular formula is C9H9F2NO. The molecule has 0 spiro atoms. The Morgan fingerprint density at radius 2 is 2.23 bits per heavy atom. The number of ketones is 1. The van der Waals surface area contributed by atoms with Gasteiger partial charge in [0, 0.05) is 25.0 Å². The monoisotopic (exact) mass is 185 g/mol. The molecule has 1 N–H and O–H groups in total. The van der Waals surface area contributed by atoms with Crippen LogP contribution < -0.4 is 0 Å². The number of halogens is 2. The van der Waals surface area contributed by atoms with Gasteiger partial charge in [-0.2, -0.15) is 0 Å². The molecule has 0 unspecified atom stereocenters. The van der Waals surface area contributed by atoms with Gasteiger partial charge in [0.1, 0.15) is 0 Å². The van der Waals surface area contributed by atoms with Crippen molar-refractivity contribution >= 4 is 5.78 Å². The highest BCUT2D eigenvalue weighted by atomic mass is 19.3. The van der Waals surface area contributed by atoms with E-state index in [1.807, 2.05) is 0 Å². The minimum atomic E-state index is -2.62. The van der Waals surface area contributed by atoms with Gasteiger partial charge in [-0.1, -0.05) is 0 Å². The molecule has 70 valence electrons. The third-order valence-electron chi connectivity index (χ3n) is 2.32. The van der Waals surface area contributed by atoms with Crippen molar-refractivity contribution in [1.82, 2.24) is 4.98 Å². The third-order valence-corrected chi connectivity index (χ3v) is 2.32. The summed E-state index contributed by atoms with van der Waals surface area (Å²) in [6.45, 7) is 0. The summed E-state index contributed by atoms with van der Waals surface area (Å²) in [6, 6.07) is 3.29. The van der Waals surface area contributed by atoms with E-state index in [2.05, 4.69) is 4.98 Å². The number of aromatic nitrogens is 1. The molecule has 1 aliphatic carbocycles. The van der Waals surface area contributed by atoms with Crippen LogP contribution in [0.4, 0.5) is 8.78 Å². The van der Waals surface area contributed by atoms with Gasteiger partial charge in [0.25, 0.3) is 0 Å². The molecule has 0 bridgehead atoms. The maximum atomic E-state index is 12.4. The molecule has 1 saturated carbocycles. The first-order valence-corrected chi connectivity index (χ1v) is 4.14. The van der Waals surface area contributed by atoms with E-state index in [9.17, 15) is 13.6 Å². The number of hydrogen-bond acceptors (Lipinski definition) is 1. The normalized spacial score (nSPS) is 21.1. The van der Waals surface area contributed by atoms with Crippen LogP contribution in [0.5, 0.6) is 0 Å². The molecule has 0 aliphatic heterocycles. The van der Waals surface area contributed by atoms with Gasteiger partial charge in [-0.15, -0.1) is 0 Å². The van der Waals surface area contributed by atoms with Crippen molar-refractivity contribution in [2.45, 2.75) is 18.8 Å². The molecule has 1 aromatic heterocycles. The molecule has 1 fully saturated rings. The van der Waals surface area contributed by atoms with Crippen LogP contribution in [0.15, 0.2) is 18.3 Å². The zero-order valence-electron chi connectivity index (χ0n) is 6.89. The molecule has 1 aliphatic rings. The van der Waals surface area contributed by atoms with E-state index in [1.54, 1.807) is 18.3 Å². The SMILES string of the molecule is O=C(c1ccc[nH]1)C1CC(F)(F)C1. The smallest absolute Gasteiger partial charge is 0.249 e. The lowest BCUT2D eigenvalue weighted by Crippen LogP contribution is -2.40. The Kier molecular flexibility index (Phi) is 1.71. The minimum Gasteiger partial charge on any atom is -0.359 e. The quantitative estimate of drug-likeness (QED) is 0.704. The molecular weight excluding hydrogens is 176 g/mol. The number of hydrogen-bond donors (Lipinski definition) is 1. The number of carbonyl (C=O) groups is 1. The Hall–Kier alpha value is -1.19. The van der Waals surface area contributed by atoms with E-state index in [-0.39, 0.29) is 18.6 Å². The fraction of sp³-hybridized carbons (Fsp3) is 0.444. The molecule has 1 heterocycles. The second-order valence-corrected chi connectivity index (χ2v) is 3.41. The zero-order chi connectivity index (χ0) is 9.47. The molecule has 4 heteroatoms. The van der Waals surface area contributed by atoms with Crippen molar-refractivity contribution in [3.63, 3.8) is 0 Å². The first-order chi connectivity index (χ1) is 6.08. The molecule has 0 amide bonds. The van der Waals surface area contributed by atoms with E-state index >= 15 is 0 Å². The van der Waals surface area contributed by atoms with Crippen LogP contribution in [0.25, 0.3) is 0 Å². The summed E-state index contributed by atoms with van der Waals surface area (Å²) < 4.78 is 24.9. The molecule has 13 heavy (non-hydrogen) atoms. The number of Topliss-reactive ketones (excluding diaryl/α,β-unsaturated/α-hetero) is 1. The zero-order valence-corrected chi connectivity index (χ0v) is 6.89. The molecule has 0 radical (unpaired) electrons. The molecule has 0 saturated heterocycles. The largest absolute Gasteiger partial charge is 0.359 e. The van der Waals surface area contributed by atoms with Crippen molar-refractivity contribution in [2.75, 3.05) is 0 Å². The summed E-state index contributed by atoms with van der Waals surface area (Å²) in [4.78, 5) is 14.1. The van der Waals surface area contributed by atoms with Gasteiger partial charge in [0.15, 0.2) is 5.78 Å². The Balaban J connectivity index is 2.02. The van der Waals surface area contributed by atoms with Crippen molar-refractivity contribution in [3.8, 4) is 0 Å². The number of alkyl halides is 2. The van der Waals surface area contributed by atoms with Crippen LogP contribution >= 0.6 is 0 Å². The predicted octanol–water partition coefficient (Wildman–Crippen LogP) is 2.24. The average molecular weight is 185 g/mol. The Morgan fingerprint density at radius 3 is 2.69 bits per heavy atom. The molecule has 0 aromatic carbocycles. The lowest BCUT2D eigenvalue weighted by molar-refractivity contribution is -0.0982. The molecule has 1 aromatic rings. The van der Waals surface area contributed by atoms with Crippen LogP contribution in [0.1, 0.15) is 23.3 Å². The fourth-order valence-corrected chi connectivity index (χ4v) is 1.55. The fourth-order valence-electron chi connectivity index (χ4n) is 1.55. The van der Waals surface area contributed by atoms with Crippen LogP contribution in [0.2, 0.25) is 0 Å². The Bertz CT molecular complexity index is 310. The van der Waals surface area contributed by atoms with Crippen LogP contribution in [0.3, 0.4) is 0 Å². The van der Waals surface area contributed by atoms with Crippen molar-refractivity contribution < 1.29 is 13.6 Å². The predicted molar refractivity (Wildman–Crippen MR) is 42.8 cm³/mol. The highest BCUT2D eigenvalue weighted by Crippen LogP contribution is 2.43. The maximum absolute atomic E-state index is 12.4. The lowest BCUT2D eigenvalue weighted by atomic mass is 9.78. The molecule has 2 rings (SSSR count). The standard InChI is InChI=1S/C9H9F2NO/c10-9(11)4-6(5-9)8(13)7-2-1-3-12-7/h1-3,6,12H,4-5H2. The van der Waals surface area contributed by atoms with Gasteiger partial charge >= 0.3 is 0 Å². The van der Waals surface area contributed by atoms with Crippen molar-refractivity contribution in [3.05, 3.63) is 24.0 Å². The summed E-state index contributed by atoms with van der Waals surface area (Å²) in [5.41, 5.74) is 0.431. The van der Waals surface area contributed by atoms with Crippen molar-refractivity contribution in [1.29, 1.82) is 0 Å². The summed E-state index contributed by atoms with van der Waals surface area (Å²) in [7, 11) is 0. The van der Waals surface area contributed by atoms with E-state index in [4.69, 9.17) is 0 Å². The lowest BCUT2D eigenvalue weighted by Gasteiger charge is -2.33. The van der Waals surface area contributed by atoms with Crippen LogP contribution in [-0.4, -0.2) is 16.7 Å². The van der Waals surface area contributed by atoms with Gasteiger partial charge < -0.3 is 4.98 Å². The first-order valence-electron chi connectivity index (χ1n) is 4.14. The van der Waals surface area contributed by atoms with Crippen LogP contribution in [-0.2, 0) is 0 Å². The summed E-state index contributed by atoms with van der Waals surface area (Å²) in [6.07, 6.45) is 1.01. The topological polar surface area (TPSA) is 32.9 Å². The summed E-state index contributed by atoms with van der Waals surface area (Å²) >= 11 is 0. The summed E-state index contributed by atoms with van der Waals surface area (Å²) in [5, 5.41) is 0. The van der Waals surface area contributed by atoms with E-state index in [0.29, 0.717) is 5.69 Å². The number of nitrogens with one attached hydrogen (secondary N) is 1. The number of H-pyrrole nitrogens is 1. The van der Waals surface area contributed by atoms with E-state index in [0.717, 1.165) is 0 Å². The first kappa shape index (κ1) is 8.41. The van der Waals surface area contributed by atoms with Crippen LogP contribution in [0, 0.1) is 5.92 Å². The summed E-state index contributed by atoms with van der Waals surface area (Å²) in [5.74, 6) is -3.31. The van der Waals surface area contributed by atoms with E-state index < -0.39 is 11.8 Å². The van der Waals surface area contributed by atoms with Gasteiger partial charge in [-0.05, 0) is 12.1 Å². The molecule has 2 nitrogen and oxygen atoms in total. The maximum Gasteiger partial charge on any atom is 0.249 e. The van der Waals surface area contributed by atoms with Gasteiger partial charge in [0.2, 0.25) is 5.92 Å². The highest BCUT2D eigenvalue weighted by Gasteiger charge is 2.48. The van der Waals surface area contributed by atoms with E-state index in [1.165, 1.54) is 0 Å². The van der Waals surface area contributed by atoms with Gasteiger partial charge in [0.05, 0.1) is 5.69 Å². The number of carbonyl (C=O) groups excluding carboxylic acids is 1. The molecule has 0 atom stereocenters. The number of rotatable bonds is 2. The second-order valence-electron chi connectivity index (χ2n) is 3.41. The second kappa shape index (κ2) is 2.65. The number of aromatic amines is 1. The average Bonchev–Trinajstić information content (AvgIpc) is 2.50. The minimum absolute atomic E-state index is 0.198. The van der Waals surface area contributed by atoms with Gasteiger partial charge in [-0.25, -0.2) is 8.78 Å².